The summed E-state index contributed by atoms with van der Waals surface area (Å²) in [5.41, 5.74) is 2.51. The number of anilines is 2. The molecule has 2 atom stereocenters. The molecule has 0 aliphatic carbocycles. The van der Waals surface area contributed by atoms with Crippen LogP contribution in [-0.2, 0) is 6.42 Å². The van der Waals surface area contributed by atoms with Crippen molar-refractivity contribution in [3.63, 3.8) is 0 Å². The normalized spacial score (nSPS) is 23.4. The summed E-state index contributed by atoms with van der Waals surface area (Å²) in [4.78, 5) is 10.5. The fourth-order valence-electron chi connectivity index (χ4n) is 2.01. The lowest BCUT2D eigenvalue weighted by Gasteiger charge is -2.18. The number of hydrogen-bond donors (Lipinski definition) is 4. The van der Waals surface area contributed by atoms with E-state index in [1.165, 1.54) is 0 Å². The molecule has 18 heavy (non-hydrogen) atoms. The second-order valence-electron chi connectivity index (χ2n) is 4.46. The molecule has 0 radical (unpaired) electrons. The predicted molar refractivity (Wildman–Crippen MR) is 68.1 cm³/mol. The van der Waals surface area contributed by atoms with Gasteiger partial charge in [0.2, 0.25) is 0 Å². The molecule has 0 saturated carbocycles. The summed E-state index contributed by atoms with van der Waals surface area (Å²) >= 11 is 0. The zero-order valence-corrected chi connectivity index (χ0v) is 10.4. The number of hydrazine groups is 1. The molecule has 1 aromatic rings. The molecule has 1 fully saturated rings. The number of β-amino-alcohol motifs (C(OH)–C–C–N with tert-alkyl or cyclic N) is 2. The highest BCUT2D eigenvalue weighted by atomic mass is 16.3. The minimum absolute atomic E-state index is 0.369. The molecule has 2 unspecified atom stereocenters. The number of rotatable bonds is 4. The topological polar surface area (TPSA) is 108 Å². The first kappa shape index (κ1) is 13.0. The van der Waals surface area contributed by atoms with Gasteiger partial charge in [-0.1, -0.05) is 6.92 Å². The number of nitrogen functional groups attached to an aromatic ring is 1. The Kier molecular flexibility index (Phi) is 3.95. The second kappa shape index (κ2) is 5.47. The number of nitrogens with one attached hydrogen (secondary N) is 1. The third-order valence-corrected chi connectivity index (χ3v) is 2.96. The van der Waals surface area contributed by atoms with Crippen LogP contribution in [0.25, 0.3) is 0 Å². The second-order valence-corrected chi connectivity index (χ2v) is 4.46. The van der Waals surface area contributed by atoms with E-state index in [-0.39, 0.29) is 0 Å². The number of hydrogen-bond acceptors (Lipinski definition) is 7. The Balaban J connectivity index is 2.24. The molecule has 100 valence electrons. The van der Waals surface area contributed by atoms with Crippen LogP contribution in [0.4, 0.5) is 11.6 Å². The summed E-state index contributed by atoms with van der Waals surface area (Å²) in [6.07, 6.45) is 0.243. The van der Waals surface area contributed by atoms with Gasteiger partial charge in [0.05, 0.1) is 12.2 Å². The van der Waals surface area contributed by atoms with E-state index < -0.39 is 12.2 Å². The molecule has 1 aliphatic rings. The lowest BCUT2D eigenvalue weighted by atomic mass is 10.3. The lowest BCUT2D eigenvalue weighted by molar-refractivity contribution is 0.0572. The summed E-state index contributed by atoms with van der Waals surface area (Å²) in [5, 5.41) is 19.1. The molecular weight excluding hydrogens is 234 g/mol. The van der Waals surface area contributed by atoms with Crippen LogP contribution >= 0.6 is 0 Å². The van der Waals surface area contributed by atoms with E-state index in [9.17, 15) is 10.2 Å². The van der Waals surface area contributed by atoms with Crippen molar-refractivity contribution in [1.82, 2.24) is 9.97 Å². The van der Waals surface area contributed by atoms with E-state index in [1.807, 2.05) is 4.90 Å². The van der Waals surface area contributed by atoms with Crippen molar-refractivity contribution < 1.29 is 10.2 Å². The predicted octanol–water partition coefficient (Wildman–Crippen LogP) is -0.743. The van der Waals surface area contributed by atoms with Gasteiger partial charge >= 0.3 is 0 Å². The minimum atomic E-state index is -0.733. The van der Waals surface area contributed by atoms with Gasteiger partial charge in [0.15, 0.2) is 0 Å². The highest BCUT2D eigenvalue weighted by Crippen LogP contribution is 2.21. The summed E-state index contributed by atoms with van der Waals surface area (Å²) < 4.78 is 0. The average molecular weight is 253 g/mol. The van der Waals surface area contributed by atoms with E-state index in [0.717, 1.165) is 12.8 Å². The Morgan fingerprint density at radius 3 is 2.61 bits per heavy atom. The quantitative estimate of drug-likeness (QED) is 0.413. The maximum absolute atomic E-state index is 9.55. The molecule has 0 bridgehead atoms. The SMILES string of the molecule is CCCc1nc(NN)cc(N2CC(O)C(O)C2)n1. The van der Waals surface area contributed by atoms with Gasteiger partial charge in [-0.2, -0.15) is 0 Å². The van der Waals surface area contributed by atoms with Gasteiger partial charge in [-0.05, 0) is 6.42 Å². The van der Waals surface area contributed by atoms with Crippen LogP contribution in [-0.4, -0.2) is 45.5 Å². The van der Waals surface area contributed by atoms with Crippen LogP contribution in [0.1, 0.15) is 19.2 Å². The first-order valence-electron chi connectivity index (χ1n) is 6.09. The van der Waals surface area contributed by atoms with E-state index in [0.29, 0.717) is 30.5 Å². The number of aromatic nitrogens is 2. The number of aryl methyl sites for hydroxylation is 1. The smallest absolute Gasteiger partial charge is 0.145 e. The van der Waals surface area contributed by atoms with Crippen LogP contribution < -0.4 is 16.2 Å². The van der Waals surface area contributed by atoms with Crippen LogP contribution in [0.5, 0.6) is 0 Å². The Morgan fingerprint density at radius 1 is 1.39 bits per heavy atom. The van der Waals surface area contributed by atoms with Crippen LogP contribution in [0.15, 0.2) is 6.07 Å². The fraction of sp³-hybridized carbons (Fsp3) is 0.636. The van der Waals surface area contributed by atoms with Crippen molar-refractivity contribution >= 4 is 11.6 Å². The van der Waals surface area contributed by atoms with Gasteiger partial charge in [0, 0.05) is 25.6 Å². The van der Waals surface area contributed by atoms with Crippen molar-refractivity contribution in [3.05, 3.63) is 11.9 Å². The first-order valence-corrected chi connectivity index (χ1v) is 6.09. The molecule has 7 nitrogen and oxygen atoms in total. The Hall–Kier alpha value is -1.44. The van der Waals surface area contributed by atoms with Crippen LogP contribution in [0.3, 0.4) is 0 Å². The van der Waals surface area contributed by atoms with E-state index >= 15 is 0 Å². The molecule has 1 aliphatic heterocycles. The standard InChI is InChI=1S/C11H19N5O2/c1-2-3-9-13-10(15-12)4-11(14-9)16-5-7(17)8(18)6-16/h4,7-8,17-18H,2-3,5-6,12H2,1H3,(H,13,14,15). The molecule has 2 rings (SSSR count). The zero-order chi connectivity index (χ0) is 13.1. The summed E-state index contributed by atoms with van der Waals surface area (Å²) in [6, 6.07) is 1.71. The molecule has 1 aromatic heterocycles. The van der Waals surface area contributed by atoms with Gasteiger partial charge in [0.25, 0.3) is 0 Å². The first-order chi connectivity index (χ1) is 8.63. The molecule has 0 aromatic carbocycles. The molecule has 1 saturated heterocycles. The molecule has 2 heterocycles. The molecule has 0 amide bonds. The fourth-order valence-corrected chi connectivity index (χ4v) is 2.01. The number of aliphatic hydroxyl groups is 2. The molecule has 5 N–H and O–H groups in total. The number of nitrogens with two attached hydrogens (primary N) is 1. The zero-order valence-electron chi connectivity index (χ0n) is 10.4. The molecule has 7 heteroatoms. The van der Waals surface area contributed by atoms with Gasteiger partial charge in [-0.25, -0.2) is 15.8 Å². The van der Waals surface area contributed by atoms with Gasteiger partial charge in [0.1, 0.15) is 17.5 Å². The van der Waals surface area contributed by atoms with Crippen LogP contribution in [0, 0.1) is 0 Å². The minimum Gasteiger partial charge on any atom is -0.389 e. The lowest BCUT2D eigenvalue weighted by Crippen LogP contribution is -2.23. The van der Waals surface area contributed by atoms with Crippen molar-refractivity contribution in [1.29, 1.82) is 0 Å². The summed E-state index contributed by atoms with van der Waals surface area (Å²) in [6.45, 7) is 2.79. The molecule has 0 spiro atoms. The van der Waals surface area contributed by atoms with Gasteiger partial charge in [-0.3, -0.25) is 0 Å². The largest absolute Gasteiger partial charge is 0.389 e. The van der Waals surface area contributed by atoms with E-state index in [1.54, 1.807) is 6.07 Å². The Bertz CT molecular complexity index is 404. The third-order valence-electron chi connectivity index (χ3n) is 2.96. The maximum Gasteiger partial charge on any atom is 0.145 e. The monoisotopic (exact) mass is 253 g/mol. The van der Waals surface area contributed by atoms with Crippen molar-refractivity contribution in [2.45, 2.75) is 32.0 Å². The van der Waals surface area contributed by atoms with Gasteiger partial charge in [-0.15, -0.1) is 0 Å². The highest BCUT2D eigenvalue weighted by Gasteiger charge is 2.30. The molecular formula is C11H19N5O2. The average Bonchev–Trinajstić information content (AvgIpc) is 2.70. The summed E-state index contributed by atoms with van der Waals surface area (Å²) in [5.74, 6) is 7.31. The van der Waals surface area contributed by atoms with E-state index in [4.69, 9.17) is 5.84 Å². The number of nitrogens with zero attached hydrogens (tertiary/aromatic N) is 3. The Morgan fingerprint density at radius 2 is 2.06 bits per heavy atom. The Labute approximate surface area is 106 Å². The van der Waals surface area contributed by atoms with Gasteiger partial charge < -0.3 is 20.5 Å². The highest BCUT2D eigenvalue weighted by molar-refractivity contribution is 5.50. The maximum atomic E-state index is 9.55. The van der Waals surface area contributed by atoms with Crippen LogP contribution in [0.2, 0.25) is 0 Å². The van der Waals surface area contributed by atoms with Crippen molar-refractivity contribution in [2.75, 3.05) is 23.4 Å². The summed E-state index contributed by atoms with van der Waals surface area (Å²) in [7, 11) is 0. The van der Waals surface area contributed by atoms with E-state index in [2.05, 4.69) is 22.3 Å². The number of aliphatic hydroxyl groups excluding tert-OH is 2. The van der Waals surface area contributed by atoms with Crippen molar-refractivity contribution in [2.24, 2.45) is 5.84 Å². The third kappa shape index (κ3) is 2.69. The van der Waals surface area contributed by atoms with Crippen molar-refractivity contribution in [3.8, 4) is 0 Å².